The summed E-state index contributed by atoms with van der Waals surface area (Å²) in [5, 5.41) is 17.3. The Hall–Kier alpha value is -2.24. The molecule has 0 heterocycles. The molecule has 78 valence electrons. The Morgan fingerprint density at radius 2 is 1.29 bits per heavy atom. The van der Waals surface area contributed by atoms with Crippen LogP contribution in [0.2, 0.25) is 0 Å². The van der Waals surface area contributed by atoms with E-state index >= 15 is 0 Å². The molecule has 0 bridgehead atoms. The summed E-state index contributed by atoms with van der Waals surface area (Å²) in [6.07, 6.45) is 0. The molecule has 14 heavy (non-hydrogen) atoms. The number of hydrogen-bond acceptors (Lipinski definition) is 4. The third-order valence-electron chi connectivity index (χ3n) is 0.882. The van der Waals surface area contributed by atoms with Crippen molar-refractivity contribution in [2.75, 3.05) is 0 Å². The van der Waals surface area contributed by atoms with E-state index in [0.29, 0.717) is 0 Å². The first-order valence-electron chi connectivity index (χ1n) is 3.34. The predicted molar refractivity (Wildman–Crippen MR) is 50.7 cm³/mol. The van der Waals surface area contributed by atoms with Gasteiger partial charge in [0.15, 0.2) is 11.5 Å². The van der Waals surface area contributed by atoms with E-state index in [1.807, 2.05) is 6.79 Å². The first-order valence-corrected chi connectivity index (χ1v) is 3.34. The number of rotatable bonds is 0. The molecule has 0 aliphatic rings. The average molecular weight is 200 g/mol. The molecule has 6 nitrogen and oxygen atoms in total. The minimum absolute atomic E-state index is 0.0764. The topological polar surface area (TPSA) is 127 Å². The highest BCUT2D eigenvalue weighted by atomic mass is 16.3. The first kappa shape index (κ1) is 14.3. The van der Waals surface area contributed by atoms with Crippen LogP contribution < -0.4 is 11.5 Å². The largest absolute Gasteiger partial charge is 0.504 e. The number of hydrogen-bond donors (Lipinski definition) is 4. The number of para-hydroxylation sites is 2. The van der Waals surface area contributed by atoms with Gasteiger partial charge >= 0.3 is 6.03 Å². The number of primary amides is 2. The van der Waals surface area contributed by atoms with Crippen LogP contribution >= 0.6 is 0 Å². The normalized spacial score (nSPS) is 7.14. The van der Waals surface area contributed by atoms with Gasteiger partial charge < -0.3 is 26.5 Å². The predicted octanol–water partition coefficient (Wildman–Crippen LogP) is -0.0633. The molecule has 1 rings (SSSR count). The third-order valence-corrected chi connectivity index (χ3v) is 0.882. The summed E-state index contributed by atoms with van der Waals surface area (Å²) >= 11 is 0. The van der Waals surface area contributed by atoms with Crippen LogP contribution in [0.25, 0.3) is 0 Å². The number of urea groups is 1. The van der Waals surface area contributed by atoms with E-state index in [1.165, 1.54) is 12.1 Å². The molecule has 2 amide bonds. The summed E-state index contributed by atoms with van der Waals surface area (Å²) in [5.74, 6) is -0.153. The maximum absolute atomic E-state index is 9.00. The van der Waals surface area contributed by atoms with Gasteiger partial charge in [-0.25, -0.2) is 4.79 Å². The van der Waals surface area contributed by atoms with Crippen molar-refractivity contribution in [3.8, 4) is 11.5 Å². The van der Waals surface area contributed by atoms with E-state index in [9.17, 15) is 0 Å². The van der Waals surface area contributed by atoms with Gasteiger partial charge in [-0.05, 0) is 12.1 Å². The number of aromatic hydroxyl groups is 2. The van der Waals surface area contributed by atoms with Crippen molar-refractivity contribution in [2.45, 2.75) is 0 Å². The summed E-state index contributed by atoms with van der Waals surface area (Å²) in [7, 11) is 0. The SMILES string of the molecule is C=O.NC(N)=O.Oc1ccccc1O. The van der Waals surface area contributed by atoms with E-state index in [4.69, 9.17) is 19.8 Å². The van der Waals surface area contributed by atoms with Gasteiger partial charge in [0.05, 0.1) is 0 Å². The lowest BCUT2D eigenvalue weighted by atomic mass is 10.3. The fraction of sp³-hybridized carbons (Fsp3) is 0. The molecule has 0 fully saturated rings. The minimum Gasteiger partial charge on any atom is -0.504 e. The lowest BCUT2D eigenvalue weighted by molar-refractivity contribution is -0.0979. The molecule has 0 spiro atoms. The second-order valence-corrected chi connectivity index (χ2v) is 1.89. The maximum Gasteiger partial charge on any atom is 0.309 e. The molecule has 0 radical (unpaired) electrons. The quantitative estimate of drug-likeness (QED) is 0.437. The van der Waals surface area contributed by atoms with Crippen LogP contribution in [-0.2, 0) is 4.79 Å². The molecule has 0 aliphatic carbocycles. The van der Waals surface area contributed by atoms with Crippen molar-refractivity contribution < 1.29 is 19.8 Å². The lowest BCUT2D eigenvalue weighted by Gasteiger charge is -1.91. The molecule has 1 aromatic rings. The number of benzene rings is 1. The van der Waals surface area contributed by atoms with Crippen LogP contribution in [0.1, 0.15) is 0 Å². The van der Waals surface area contributed by atoms with Gasteiger partial charge in [0.1, 0.15) is 6.79 Å². The van der Waals surface area contributed by atoms with Crippen LogP contribution in [0, 0.1) is 0 Å². The van der Waals surface area contributed by atoms with Crippen molar-refractivity contribution >= 4 is 12.8 Å². The molecular formula is C8H12N2O4. The van der Waals surface area contributed by atoms with Crippen molar-refractivity contribution in [2.24, 2.45) is 11.5 Å². The zero-order chi connectivity index (χ0) is 11.6. The summed E-state index contributed by atoms with van der Waals surface area (Å²) in [6.45, 7) is 2.00. The van der Waals surface area contributed by atoms with Crippen molar-refractivity contribution in [3.63, 3.8) is 0 Å². The Morgan fingerprint density at radius 1 is 1.07 bits per heavy atom. The van der Waals surface area contributed by atoms with Gasteiger partial charge in [-0.1, -0.05) is 12.1 Å². The molecule has 6 N–H and O–H groups in total. The first-order chi connectivity index (χ1) is 6.54. The average Bonchev–Trinajstić information content (AvgIpc) is 2.13. The van der Waals surface area contributed by atoms with Crippen LogP contribution in [-0.4, -0.2) is 23.0 Å². The van der Waals surface area contributed by atoms with Crippen molar-refractivity contribution in [1.29, 1.82) is 0 Å². The fourth-order valence-corrected chi connectivity index (χ4v) is 0.464. The highest BCUT2D eigenvalue weighted by molar-refractivity contribution is 5.69. The highest BCUT2D eigenvalue weighted by Crippen LogP contribution is 2.21. The second kappa shape index (κ2) is 8.85. The van der Waals surface area contributed by atoms with Crippen molar-refractivity contribution in [1.82, 2.24) is 0 Å². The molecule has 6 heteroatoms. The van der Waals surface area contributed by atoms with E-state index in [2.05, 4.69) is 11.5 Å². The molecule has 0 aliphatic heterocycles. The number of carbonyl (C=O) groups is 2. The Balaban J connectivity index is 0. The van der Waals surface area contributed by atoms with E-state index < -0.39 is 6.03 Å². The molecule has 0 unspecified atom stereocenters. The molecule has 1 aromatic carbocycles. The Bertz CT molecular complexity index is 253. The number of amides is 2. The van der Waals surface area contributed by atoms with Gasteiger partial charge in [0.2, 0.25) is 0 Å². The Kier molecular flexibility index (Phi) is 9.04. The smallest absolute Gasteiger partial charge is 0.309 e. The molecule has 0 atom stereocenters. The number of phenols is 2. The molecular weight excluding hydrogens is 188 g/mol. The molecule has 0 saturated carbocycles. The standard InChI is InChI=1S/C6H6O2.CH4N2O.CH2O/c7-5-3-1-2-4-6(5)8;2-1(3)4;1-2/h1-4,7-8H;(H4,2,3,4);1H2. The second-order valence-electron chi connectivity index (χ2n) is 1.89. The number of phenolic OH excluding ortho intramolecular Hbond substituents is 2. The monoisotopic (exact) mass is 200 g/mol. The van der Waals surface area contributed by atoms with Gasteiger partial charge in [0.25, 0.3) is 0 Å². The van der Waals surface area contributed by atoms with Gasteiger partial charge in [-0.15, -0.1) is 0 Å². The summed E-state index contributed by atoms with van der Waals surface area (Å²) in [6, 6.07) is 5.31. The zero-order valence-corrected chi connectivity index (χ0v) is 7.38. The third kappa shape index (κ3) is 9.76. The van der Waals surface area contributed by atoms with Crippen LogP contribution in [0.5, 0.6) is 11.5 Å². The summed E-state index contributed by atoms with van der Waals surface area (Å²) < 4.78 is 0. The van der Waals surface area contributed by atoms with Gasteiger partial charge in [-0.3, -0.25) is 0 Å². The van der Waals surface area contributed by atoms with Crippen molar-refractivity contribution in [3.05, 3.63) is 24.3 Å². The van der Waals surface area contributed by atoms with Crippen LogP contribution in [0.15, 0.2) is 24.3 Å². The van der Waals surface area contributed by atoms with E-state index in [0.717, 1.165) is 0 Å². The number of carbonyl (C=O) groups excluding carboxylic acids is 2. The zero-order valence-electron chi connectivity index (χ0n) is 7.38. The van der Waals surface area contributed by atoms with Crippen LogP contribution in [0.3, 0.4) is 0 Å². The molecule has 0 saturated heterocycles. The van der Waals surface area contributed by atoms with Gasteiger partial charge in [0, 0.05) is 0 Å². The summed E-state index contributed by atoms with van der Waals surface area (Å²) in [5.41, 5.74) is 8.50. The van der Waals surface area contributed by atoms with Gasteiger partial charge in [-0.2, -0.15) is 0 Å². The minimum atomic E-state index is -0.833. The molecule has 0 aromatic heterocycles. The summed E-state index contributed by atoms with van der Waals surface area (Å²) in [4.78, 5) is 17.0. The fourth-order valence-electron chi connectivity index (χ4n) is 0.464. The Morgan fingerprint density at radius 3 is 1.43 bits per heavy atom. The maximum atomic E-state index is 9.00. The highest BCUT2D eigenvalue weighted by Gasteiger charge is 1.90. The lowest BCUT2D eigenvalue weighted by Crippen LogP contribution is -2.18. The van der Waals surface area contributed by atoms with E-state index in [1.54, 1.807) is 12.1 Å². The Labute approximate surface area is 80.8 Å². The number of nitrogens with two attached hydrogens (primary N) is 2. The van der Waals surface area contributed by atoms with Crippen LogP contribution in [0.4, 0.5) is 4.79 Å². The van der Waals surface area contributed by atoms with E-state index in [-0.39, 0.29) is 11.5 Å².